The standard InChI is InChI=1S/C54H48N6S18/c1-7-13-61-43-44(62-14-8-2)74-52(73-43)49-67-31-19-25-26(20-32(31)68-49)56-38-37(55-25)39-41(59-29-23-35-33(21-27(29)57-39)69-50(71-35)53-75-45(63-15-9-3)46(76-53)64-16-10-4)42-40(38)58-28-22-34-36(24-30(28)60-42)72-51(70-34)54-77-47(65-17-11-5)48(78-54)66-18-12-6/h19-24H,7-18H2,1-6H3. The van der Waals surface area contributed by atoms with Gasteiger partial charge in [-0.25, -0.2) is 29.9 Å². The maximum atomic E-state index is 5.54. The molecular weight excluding hydrogens is 1310 g/mol. The smallest absolute Gasteiger partial charge is 0.120 e. The van der Waals surface area contributed by atoms with Crippen LogP contribution in [0.5, 0.6) is 0 Å². The fourth-order valence-corrected chi connectivity index (χ4v) is 33.9. The Bertz CT molecular complexity index is 3220. The molecule has 6 aliphatic heterocycles. The van der Waals surface area contributed by atoms with Crippen molar-refractivity contribution in [1.29, 1.82) is 0 Å². The maximum Gasteiger partial charge on any atom is 0.120 e. The molecule has 6 aliphatic rings. The second-order valence-corrected chi connectivity index (χ2v) is 40.1. The minimum Gasteiger partial charge on any atom is -0.242 e. The number of thioether (sulfide) groups is 18. The summed E-state index contributed by atoms with van der Waals surface area (Å²) in [5.41, 5.74) is 9.36. The molecule has 7 aromatic rings. The molecule has 0 amide bonds. The zero-order valence-electron chi connectivity index (χ0n) is 43.0. The van der Waals surface area contributed by atoms with E-state index < -0.39 is 0 Å². The summed E-state index contributed by atoms with van der Waals surface area (Å²) in [6, 6.07) is 13.5. The molecule has 9 heterocycles. The topological polar surface area (TPSA) is 77.3 Å². The Balaban J connectivity index is 0.914. The number of benzene rings is 4. The van der Waals surface area contributed by atoms with Crippen LogP contribution in [0.2, 0.25) is 0 Å². The van der Waals surface area contributed by atoms with Gasteiger partial charge in [-0.05, 0) is 109 Å². The third kappa shape index (κ3) is 11.7. The van der Waals surface area contributed by atoms with Crippen LogP contribution in [0.15, 0.2) is 117 Å². The van der Waals surface area contributed by atoms with Gasteiger partial charge in [-0.2, -0.15) is 0 Å². The molecule has 0 saturated carbocycles. The van der Waals surface area contributed by atoms with E-state index in [4.69, 9.17) is 29.9 Å². The molecular formula is C54H48N6S18. The second-order valence-electron chi connectivity index (χ2n) is 17.9. The molecule has 402 valence electrons. The van der Waals surface area contributed by atoms with Crippen LogP contribution in [0, 0.1) is 0 Å². The van der Waals surface area contributed by atoms with E-state index in [-0.39, 0.29) is 0 Å². The predicted octanol–water partition coefficient (Wildman–Crippen LogP) is 23.6. The number of fused-ring (bicyclic) bond motifs is 12. The summed E-state index contributed by atoms with van der Waals surface area (Å²) in [6.07, 6.45) is 7.03. The summed E-state index contributed by atoms with van der Waals surface area (Å²) in [6.45, 7) is 13.6. The van der Waals surface area contributed by atoms with E-state index in [1.54, 1.807) is 0 Å². The Morgan fingerprint density at radius 1 is 0.244 bits per heavy atom. The van der Waals surface area contributed by atoms with Crippen molar-refractivity contribution in [1.82, 2.24) is 29.9 Å². The van der Waals surface area contributed by atoms with Crippen LogP contribution < -0.4 is 0 Å². The Morgan fingerprint density at radius 2 is 0.397 bits per heavy atom. The van der Waals surface area contributed by atoms with E-state index in [0.717, 1.165) is 67.6 Å². The molecule has 0 radical (unpaired) electrons. The fourth-order valence-electron chi connectivity index (χ4n) is 8.34. The normalized spacial score (nSPS) is 17.6. The summed E-state index contributed by atoms with van der Waals surface area (Å²) < 4.78 is 17.0. The van der Waals surface area contributed by atoms with Crippen molar-refractivity contribution in [2.75, 3.05) is 34.5 Å². The average molecular weight is 1360 g/mol. The van der Waals surface area contributed by atoms with Gasteiger partial charge in [0, 0.05) is 29.4 Å². The zero-order chi connectivity index (χ0) is 53.0. The molecule has 0 bridgehead atoms. The highest BCUT2D eigenvalue weighted by Gasteiger charge is 2.34. The number of hydrogen-bond acceptors (Lipinski definition) is 24. The lowest BCUT2D eigenvalue weighted by atomic mass is 10.1. The van der Waals surface area contributed by atoms with Crippen LogP contribution in [-0.4, -0.2) is 64.4 Å². The van der Waals surface area contributed by atoms with Gasteiger partial charge in [0.05, 0.1) is 83.9 Å². The molecule has 0 fully saturated rings. The van der Waals surface area contributed by atoms with Crippen LogP contribution in [0.4, 0.5) is 0 Å². The van der Waals surface area contributed by atoms with E-state index in [1.807, 2.05) is 212 Å². The van der Waals surface area contributed by atoms with Crippen LogP contribution in [0.1, 0.15) is 80.1 Å². The van der Waals surface area contributed by atoms with Gasteiger partial charge in [-0.15, -0.1) is 70.6 Å². The maximum absolute atomic E-state index is 5.54. The van der Waals surface area contributed by atoms with Crippen molar-refractivity contribution in [3.63, 3.8) is 0 Å². The van der Waals surface area contributed by atoms with Gasteiger partial charge in [0.25, 0.3) is 0 Å². The molecule has 0 spiro atoms. The van der Waals surface area contributed by atoms with Gasteiger partial charge < -0.3 is 0 Å². The van der Waals surface area contributed by atoms with E-state index in [1.165, 1.54) is 119 Å². The Hall–Kier alpha value is 0.420. The van der Waals surface area contributed by atoms with Crippen molar-refractivity contribution in [2.45, 2.75) is 109 Å². The van der Waals surface area contributed by atoms with Crippen molar-refractivity contribution in [3.05, 3.63) is 87.2 Å². The van der Waals surface area contributed by atoms with E-state index >= 15 is 0 Å². The number of hydrogen-bond donors (Lipinski definition) is 0. The van der Waals surface area contributed by atoms with E-state index in [0.29, 0.717) is 33.1 Å². The second kappa shape index (κ2) is 25.8. The number of rotatable bonds is 18. The molecule has 0 unspecified atom stereocenters. The van der Waals surface area contributed by atoms with Crippen LogP contribution in [-0.2, 0) is 0 Å². The first kappa shape index (κ1) is 57.5. The largest absolute Gasteiger partial charge is 0.242 e. The first-order chi connectivity index (χ1) is 38.3. The molecule has 3 aromatic heterocycles. The van der Waals surface area contributed by atoms with Gasteiger partial charge in [0.2, 0.25) is 0 Å². The van der Waals surface area contributed by atoms with Crippen molar-refractivity contribution in [3.8, 4) is 0 Å². The van der Waals surface area contributed by atoms with Crippen LogP contribution in [0.25, 0.3) is 66.2 Å². The van der Waals surface area contributed by atoms with Crippen molar-refractivity contribution < 1.29 is 0 Å². The number of nitrogens with zero attached hydrogens (tertiary/aromatic N) is 6. The van der Waals surface area contributed by atoms with Gasteiger partial charge in [0.1, 0.15) is 33.1 Å². The third-order valence-electron chi connectivity index (χ3n) is 11.8. The molecule has 4 aromatic carbocycles. The Labute approximate surface area is 532 Å². The lowest BCUT2D eigenvalue weighted by molar-refractivity contribution is 1.11. The van der Waals surface area contributed by atoms with Crippen LogP contribution >= 0.6 is 212 Å². The Kier molecular flexibility index (Phi) is 19.0. The van der Waals surface area contributed by atoms with Crippen molar-refractivity contribution >= 4 is 278 Å². The number of aromatic nitrogens is 6. The summed E-state index contributed by atoms with van der Waals surface area (Å²) in [5.74, 6) is 6.86. The highest BCUT2D eigenvalue weighted by molar-refractivity contribution is 8.44. The summed E-state index contributed by atoms with van der Waals surface area (Å²) in [7, 11) is 0. The summed E-state index contributed by atoms with van der Waals surface area (Å²) in [4.78, 5) is 40.6. The monoisotopic (exact) mass is 1360 g/mol. The fraction of sp³-hybridized carbons (Fsp3) is 0.333. The highest BCUT2D eigenvalue weighted by Crippen LogP contribution is 2.67. The van der Waals surface area contributed by atoms with E-state index in [9.17, 15) is 0 Å². The lowest BCUT2D eigenvalue weighted by Crippen LogP contribution is -1.99. The predicted molar refractivity (Wildman–Crippen MR) is 378 cm³/mol. The summed E-state index contributed by atoms with van der Waals surface area (Å²) >= 11 is 35.1. The third-order valence-corrected chi connectivity index (χ3v) is 38.8. The first-order valence-corrected chi connectivity index (χ1v) is 41.5. The zero-order valence-corrected chi connectivity index (χ0v) is 57.7. The summed E-state index contributed by atoms with van der Waals surface area (Å²) in [5, 5.41) is 0. The van der Waals surface area contributed by atoms with Gasteiger partial charge >= 0.3 is 0 Å². The molecule has 0 aliphatic carbocycles. The average Bonchev–Trinajstić information content (AvgIpc) is 4.33. The minimum absolute atomic E-state index is 0.710. The minimum atomic E-state index is 0.710. The van der Waals surface area contributed by atoms with Gasteiger partial charge in [0.15, 0.2) is 0 Å². The quantitative estimate of drug-likeness (QED) is 0.0604. The molecule has 0 saturated heterocycles. The first-order valence-electron chi connectivity index (χ1n) is 25.7. The molecule has 78 heavy (non-hydrogen) atoms. The molecule has 0 N–H and O–H groups in total. The SMILES string of the molecule is CCCSC1=C(SCCC)SC(=C2Sc3cc4nc5c6nc7cc8c(cc7nc6c6nc7cc9c(cc7nc6c5nc4cc3S2)SC(=C2SC(SCCC)=C(SCCC)S2)S9)SC(=C2SC(SCCC)=C(SCCC)S2)S8)S1. The molecule has 13 rings (SSSR count). The molecule has 24 heteroatoms. The highest BCUT2D eigenvalue weighted by atomic mass is 32.3. The Morgan fingerprint density at radius 3 is 0.551 bits per heavy atom. The molecule has 6 nitrogen and oxygen atoms in total. The lowest BCUT2D eigenvalue weighted by Gasteiger charge is -2.11. The van der Waals surface area contributed by atoms with Gasteiger partial charge in [-0.1, -0.05) is 183 Å². The van der Waals surface area contributed by atoms with Crippen LogP contribution in [0.3, 0.4) is 0 Å². The van der Waals surface area contributed by atoms with Crippen molar-refractivity contribution in [2.24, 2.45) is 0 Å². The van der Waals surface area contributed by atoms with E-state index in [2.05, 4.69) is 77.9 Å². The van der Waals surface area contributed by atoms with Gasteiger partial charge in [-0.3, -0.25) is 0 Å². The molecule has 0 atom stereocenters.